The van der Waals surface area contributed by atoms with Gasteiger partial charge in [-0.1, -0.05) is 121 Å². The molecule has 5 aromatic rings. The van der Waals surface area contributed by atoms with Crippen LogP contribution < -0.4 is 0 Å². The van der Waals surface area contributed by atoms with Crippen LogP contribution in [0.1, 0.15) is 45.7 Å². The number of hydrogen-bond acceptors (Lipinski definition) is 6. The molecule has 0 spiro atoms. The number of carbonyl (C=O) groups excluding carboxylic acids is 2. The summed E-state index contributed by atoms with van der Waals surface area (Å²) in [5.74, 6) is 0.0508. The summed E-state index contributed by atoms with van der Waals surface area (Å²) in [6.07, 6.45) is 0. The molecule has 7 rings (SSSR count). The van der Waals surface area contributed by atoms with Crippen LogP contribution in [-0.4, -0.2) is 21.7 Å². The molecule has 0 bridgehead atoms. The van der Waals surface area contributed by atoms with Crippen LogP contribution in [-0.2, 0) is 10.8 Å². The summed E-state index contributed by atoms with van der Waals surface area (Å²) in [4.78, 5) is 40.4. The number of carbonyl (C=O) groups is 2. The first-order valence-corrected chi connectivity index (χ1v) is 16.1. The lowest BCUT2D eigenvalue weighted by molar-refractivity contribution is 0.0930. The van der Waals surface area contributed by atoms with Crippen LogP contribution in [0.4, 0.5) is 11.4 Å². The monoisotopic (exact) mass is 608 g/mol. The molecule has 0 radical (unpaired) electrons. The molecule has 214 valence electrons. The van der Waals surface area contributed by atoms with Gasteiger partial charge in [-0.05, 0) is 61.4 Å². The van der Waals surface area contributed by atoms with E-state index in [9.17, 15) is 9.59 Å². The number of hydrogen-bond donors (Lipinski definition) is 0. The van der Waals surface area contributed by atoms with E-state index >= 15 is 0 Å². The molecule has 2 unspecified atom stereocenters. The Labute approximate surface area is 265 Å². The lowest BCUT2D eigenvalue weighted by atomic mass is 9.75. The number of ketones is 2. The summed E-state index contributed by atoms with van der Waals surface area (Å²) >= 11 is 3.00. The Morgan fingerprint density at radius 3 is 1.20 bits per heavy atom. The van der Waals surface area contributed by atoms with Gasteiger partial charge in [0.05, 0.1) is 21.5 Å². The molecule has 0 amide bonds. The Balaban J connectivity index is 1.34. The van der Waals surface area contributed by atoms with Crippen molar-refractivity contribution in [2.45, 2.75) is 34.5 Å². The lowest BCUT2D eigenvalue weighted by Crippen LogP contribution is -2.42. The standard InChI is InChI=1S/C38H28N2O2S2/c1-37(25-15-5-3-6-16-25)33(41)27-19-9-11-21-29(27)39-35(37)43-31-23-13-14-24-32(31)44-36-38(2,26-17-7-4-8-18-26)34(42)28-20-10-12-22-30(28)40-36/h3-24H,1-2H3. The van der Waals surface area contributed by atoms with Crippen molar-refractivity contribution in [3.8, 4) is 0 Å². The van der Waals surface area contributed by atoms with Crippen LogP contribution in [0.3, 0.4) is 0 Å². The van der Waals surface area contributed by atoms with Crippen molar-refractivity contribution in [1.29, 1.82) is 0 Å². The lowest BCUT2D eigenvalue weighted by Gasteiger charge is -2.35. The van der Waals surface area contributed by atoms with Gasteiger partial charge in [-0.3, -0.25) is 9.59 Å². The normalized spacial score (nSPS) is 20.8. The maximum Gasteiger partial charge on any atom is 0.181 e. The molecule has 2 atom stereocenters. The van der Waals surface area contributed by atoms with Gasteiger partial charge in [0.1, 0.15) is 10.8 Å². The van der Waals surface area contributed by atoms with E-state index in [4.69, 9.17) is 9.98 Å². The molecule has 2 aliphatic heterocycles. The second-order valence-electron chi connectivity index (χ2n) is 11.2. The molecule has 6 heteroatoms. The van der Waals surface area contributed by atoms with E-state index in [1.807, 2.05) is 147 Å². The fraction of sp³-hybridized carbons (Fsp3) is 0.105. The summed E-state index contributed by atoms with van der Waals surface area (Å²) in [5, 5.41) is 1.41. The minimum Gasteiger partial charge on any atom is -0.293 e. The minimum absolute atomic E-state index is 0.0254. The molecular formula is C38H28N2O2S2. The number of nitrogens with zero attached hydrogens (tertiary/aromatic N) is 2. The Morgan fingerprint density at radius 1 is 0.455 bits per heavy atom. The van der Waals surface area contributed by atoms with Crippen molar-refractivity contribution < 1.29 is 9.59 Å². The predicted molar refractivity (Wildman–Crippen MR) is 181 cm³/mol. The first kappa shape index (κ1) is 28.3. The molecule has 4 nitrogen and oxygen atoms in total. The SMILES string of the molecule is CC1(c2ccccc2)C(=O)c2ccccc2N=C1Sc1ccccc1SC1=Nc2ccccc2C(=O)C1(C)c1ccccc1. The highest BCUT2D eigenvalue weighted by Crippen LogP contribution is 2.48. The van der Waals surface area contributed by atoms with Crippen LogP contribution in [0.15, 0.2) is 153 Å². The largest absolute Gasteiger partial charge is 0.293 e. The van der Waals surface area contributed by atoms with Gasteiger partial charge in [-0.15, -0.1) is 0 Å². The summed E-state index contributed by atoms with van der Waals surface area (Å²) in [6, 6.07) is 42.9. The average molecular weight is 609 g/mol. The number of Topliss-reactive ketones (excluding diaryl/α,β-unsaturated/α-hetero) is 2. The maximum absolute atomic E-state index is 14.2. The number of para-hydroxylation sites is 2. The van der Waals surface area contributed by atoms with Gasteiger partial charge in [0.15, 0.2) is 11.6 Å². The maximum atomic E-state index is 14.2. The third kappa shape index (κ3) is 4.57. The zero-order chi connectivity index (χ0) is 30.3. The highest BCUT2D eigenvalue weighted by atomic mass is 32.2. The molecule has 0 saturated heterocycles. The van der Waals surface area contributed by atoms with Crippen molar-refractivity contribution >= 4 is 56.6 Å². The molecule has 2 aliphatic rings. The molecule has 0 fully saturated rings. The fourth-order valence-corrected chi connectivity index (χ4v) is 8.25. The van der Waals surface area contributed by atoms with E-state index in [0.29, 0.717) is 32.6 Å². The van der Waals surface area contributed by atoms with E-state index in [0.717, 1.165) is 20.9 Å². The van der Waals surface area contributed by atoms with Crippen molar-refractivity contribution in [2.24, 2.45) is 9.98 Å². The molecule has 0 aromatic heterocycles. The van der Waals surface area contributed by atoms with Gasteiger partial charge in [0, 0.05) is 20.9 Å². The van der Waals surface area contributed by atoms with Gasteiger partial charge >= 0.3 is 0 Å². The average Bonchev–Trinajstić information content (AvgIpc) is 3.07. The molecule has 0 N–H and O–H groups in total. The van der Waals surface area contributed by atoms with Gasteiger partial charge in [-0.2, -0.15) is 0 Å². The van der Waals surface area contributed by atoms with Crippen LogP contribution in [0.5, 0.6) is 0 Å². The van der Waals surface area contributed by atoms with Gasteiger partial charge in [0.25, 0.3) is 0 Å². The minimum atomic E-state index is -0.964. The van der Waals surface area contributed by atoms with E-state index in [1.165, 1.54) is 23.5 Å². The van der Waals surface area contributed by atoms with Gasteiger partial charge in [-0.25, -0.2) is 9.98 Å². The number of aliphatic imine (C=N–C) groups is 2. The summed E-state index contributed by atoms with van der Waals surface area (Å²) < 4.78 is 0. The molecule has 0 saturated carbocycles. The zero-order valence-electron chi connectivity index (χ0n) is 24.2. The first-order valence-electron chi connectivity index (χ1n) is 14.4. The Morgan fingerprint density at radius 2 is 0.795 bits per heavy atom. The third-order valence-corrected chi connectivity index (χ3v) is 11.1. The topological polar surface area (TPSA) is 58.9 Å². The Hall–Kier alpha value is -4.52. The second kappa shape index (κ2) is 11.2. The molecular weight excluding hydrogens is 581 g/mol. The molecule has 5 aromatic carbocycles. The third-order valence-electron chi connectivity index (χ3n) is 8.47. The van der Waals surface area contributed by atoms with Crippen molar-refractivity contribution in [3.63, 3.8) is 0 Å². The summed E-state index contributed by atoms with van der Waals surface area (Å²) in [5.41, 5.74) is 2.46. The smallest absolute Gasteiger partial charge is 0.181 e. The van der Waals surface area contributed by atoms with Gasteiger partial charge in [0.2, 0.25) is 0 Å². The number of fused-ring (bicyclic) bond motifs is 2. The van der Waals surface area contributed by atoms with Crippen molar-refractivity contribution in [2.75, 3.05) is 0 Å². The van der Waals surface area contributed by atoms with E-state index < -0.39 is 10.8 Å². The van der Waals surface area contributed by atoms with Crippen LogP contribution >= 0.6 is 23.5 Å². The first-order chi connectivity index (χ1) is 21.4. The van der Waals surface area contributed by atoms with E-state index in [-0.39, 0.29) is 11.6 Å². The highest BCUT2D eigenvalue weighted by Gasteiger charge is 2.47. The van der Waals surface area contributed by atoms with Crippen molar-refractivity contribution in [1.82, 2.24) is 0 Å². The quantitative estimate of drug-likeness (QED) is 0.204. The second-order valence-corrected chi connectivity index (χ2v) is 13.2. The Kier molecular flexibility index (Phi) is 7.19. The molecule has 44 heavy (non-hydrogen) atoms. The van der Waals surface area contributed by atoms with Crippen LogP contribution in [0, 0.1) is 0 Å². The molecule has 0 aliphatic carbocycles. The van der Waals surface area contributed by atoms with Crippen molar-refractivity contribution in [3.05, 3.63) is 156 Å². The fourth-order valence-electron chi connectivity index (χ4n) is 5.83. The summed E-state index contributed by atoms with van der Waals surface area (Å²) in [6.45, 7) is 3.94. The van der Waals surface area contributed by atoms with Crippen LogP contribution in [0.25, 0.3) is 0 Å². The molecule has 2 heterocycles. The predicted octanol–water partition coefficient (Wildman–Crippen LogP) is 9.64. The number of thioether (sulfide) groups is 2. The Bertz CT molecular complexity index is 1840. The summed E-state index contributed by atoms with van der Waals surface area (Å²) in [7, 11) is 0. The zero-order valence-corrected chi connectivity index (χ0v) is 25.9. The van der Waals surface area contributed by atoms with E-state index in [1.54, 1.807) is 0 Å². The van der Waals surface area contributed by atoms with E-state index in [2.05, 4.69) is 0 Å². The highest BCUT2D eigenvalue weighted by molar-refractivity contribution is 8.17. The van der Waals surface area contributed by atoms with Gasteiger partial charge < -0.3 is 0 Å². The van der Waals surface area contributed by atoms with Crippen LogP contribution in [0.2, 0.25) is 0 Å². The number of rotatable bonds is 4. The number of benzene rings is 5.